The fourth-order valence-corrected chi connectivity index (χ4v) is 3.13. The first-order valence-corrected chi connectivity index (χ1v) is 7.36. The molecule has 0 spiro atoms. The van der Waals surface area contributed by atoms with Gasteiger partial charge in [0, 0.05) is 6.54 Å². The fraction of sp³-hybridized carbons (Fsp3) is 0.333. The molecule has 0 unspecified atom stereocenters. The zero-order chi connectivity index (χ0) is 14.5. The Balaban J connectivity index is 2.04. The van der Waals surface area contributed by atoms with Crippen LogP contribution in [0.15, 0.2) is 30.3 Å². The molecule has 0 atom stereocenters. The maximum absolute atomic E-state index is 11.1. The van der Waals surface area contributed by atoms with E-state index in [0.717, 1.165) is 11.6 Å². The number of nitrogens with zero attached hydrogens (tertiary/aromatic N) is 2. The molecule has 1 heterocycles. The van der Waals surface area contributed by atoms with Crippen molar-refractivity contribution in [2.24, 2.45) is 0 Å². The van der Waals surface area contributed by atoms with Gasteiger partial charge in [0.15, 0.2) is 0 Å². The summed E-state index contributed by atoms with van der Waals surface area (Å²) < 4.78 is 0. The Bertz CT molecular complexity index is 581. The standard InChI is InChI=1S/C15H18N2O2S/c1-3-12-14(15(18)19)20-13(16-12)10-17(2)9-11-7-5-4-6-8-11/h4-8H,3,9-10H2,1-2H3,(H,18,19). The van der Waals surface area contributed by atoms with Gasteiger partial charge in [0.05, 0.1) is 12.2 Å². The van der Waals surface area contributed by atoms with E-state index >= 15 is 0 Å². The maximum Gasteiger partial charge on any atom is 0.347 e. The summed E-state index contributed by atoms with van der Waals surface area (Å²) >= 11 is 1.28. The predicted octanol–water partition coefficient (Wildman–Crippen LogP) is 3.04. The number of aromatic nitrogens is 1. The monoisotopic (exact) mass is 290 g/mol. The number of carboxylic acid groups (broad SMARTS) is 1. The van der Waals surface area contributed by atoms with Gasteiger partial charge in [0.25, 0.3) is 0 Å². The molecule has 2 rings (SSSR count). The third-order valence-corrected chi connectivity index (χ3v) is 4.04. The predicted molar refractivity (Wildman–Crippen MR) is 80.1 cm³/mol. The smallest absolute Gasteiger partial charge is 0.347 e. The van der Waals surface area contributed by atoms with E-state index in [1.54, 1.807) is 0 Å². The molecular weight excluding hydrogens is 272 g/mol. The summed E-state index contributed by atoms with van der Waals surface area (Å²) in [6.07, 6.45) is 0.653. The van der Waals surface area contributed by atoms with Gasteiger partial charge in [-0.25, -0.2) is 9.78 Å². The molecule has 0 aliphatic heterocycles. The molecule has 1 aromatic heterocycles. The van der Waals surface area contributed by atoms with Crippen LogP contribution >= 0.6 is 11.3 Å². The van der Waals surface area contributed by atoms with E-state index in [-0.39, 0.29) is 0 Å². The van der Waals surface area contributed by atoms with E-state index in [9.17, 15) is 4.79 Å². The third kappa shape index (κ3) is 3.65. The summed E-state index contributed by atoms with van der Waals surface area (Å²) in [5.74, 6) is -0.878. The number of carbonyl (C=O) groups is 1. The zero-order valence-electron chi connectivity index (χ0n) is 11.7. The highest BCUT2D eigenvalue weighted by atomic mass is 32.1. The van der Waals surface area contributed by atoms with Gasteiger partial charge in [-0.15, -0.1) is 11.3 Å². The van der Waals surface area contributed by atoms with Crippen molar-refractivity contribution in [3.05, 3.63) is 51.5 Å². The number of aromatic carboxylic acids is 1. The molecule has 20 heavy (non-hydrogen) atoms. The minimum Gasteiger partial charge on any atom is -0.477 e. The van der Waals surface area contributed by atoms with E-state index < -0.39 is 5.97 Å². The lowest BCUT2D eigenvalue weighted by Gasteiger charge is -2.14. The van der Waals surface area contributed by atoms with Crippen LogP contribution in [-0.2, 0) is 19.5 Å². The molecule has 0 amide bonds. The molecule has 1 N–H and O–H groups in total. The molecular formula is C15H18N2O2S. The van der Waals surface area contributed by atoms with Gasteiger partial charge in [-0.2, -0.15) is 0 Å². The summed E-state index contributed by atoms with van der Waals surface area (Å²) in [5.41, 5.74) is 1.92. The molecule has 2 aromatic rings. The van der Waals surface area contributed by atoms with E-state index in [1.807, 2.05) is 32.2 Å². The minimum atomic E-state index is -0.878. The summed E-state index contributed by atoms with van der Waals surface area (Å²) in [4.78, 5) is 18.1. The van der Waals surface area contributed by atoms with Crippen LogP contribution in [0, 0.1) is 0 Å². The van der Waals surface area contributed by atoms with Crippen LogP contribution in [0.4, 0.5) is 0 Å². The highest BCUT2D eigenvalue weighted by Crippen LogP contribution is 2.21. The van der Waals surface area contributed by atoms with E-state index in [0.29, 0.717) is 23.5 Å². The number of aryl methyl sites for hydroxylation is 1. The lowest BCUT2D eigenvalue weighted by Crippen LogP contribution is -2.17. The number of hydrogen-bond acceptors (Lipinski definition) is 4. The molecule has 0 aliphatic carbocycles. The Hall–Kier alpha value is -1.72. The van der Waals surface area contributed by atoms with Crippen molar-refractivity contribution in [2.45, 2.75) is 26.4 Å². The number of carboxylic acids is 1. The summed E-state index contributed by atoms with van der Waals surface area (Å²) in [5, 5.41) is 10.00. The Morgan fingerprint density at radius 1 is 1.30 bits per heavy atom. The van der Waals surface area contributed by atoms with Crippen LogP contribution in [0.1, 0.15) is 32.9 Å². The number of rotatable bonds is 6. The van der Waals surface area contributed by atoms with Gasteiger partial charge in [0.1, 0.15) is 9.88 Å². The molecule has 0 aliphatic rings. The Labute approximate surface area is 122 Å². The minimum absolute atomic E-state index is 0.371. The SMILES string of the molecule is CCc1nc(CN(C)Cc2ccccc2)sc1C(=O)O. The van der Waals surface area contributed by atoms with E-state index in [1.165, 1.54) is 16.9 Å². The van der Waals surface area contributed by atoms with E-state index in [2.05, 4.69) is 22.0 Å². The molecule has 0 saturated heterocycles. The first-order chi connectivity index (χ1) is 9.60. The fourth-order valence-electron chi connectivity index (χ4n) is 2.06. The van der Waals surface area contributed by atoms with Gasteiger partial charge in [0.2, 0.25) is 0 Å². The molecule has 0 bridgehead atoms. The molecule has 1 aromatic carbocycles. The van der Waals surface area contributed by atoms with Crippen LogP contribution in [0.25, 0.3) is 0 Å². The van der Waals surface area contributed by atoms with Gasteiger partial charge in [-0.3, -0.25) is 4.90 Å². The molecule has 0 fully saturated rings. The molecule has 106 valence electrons. The second-order valence-electron chi connectivity index (χ2n) is 4.70. The first-order valence-electron chi connectivity index (χ1n) is 6.54. The van der Waals surface area contributed by atoms with Crippen LogP contribution in [0.3, 0.4) is 0 Å². The quantitative estimate of drug-likeness (QED) is 0.888. The van der Waals surface area contributed by atoms with Crippen molar-refractivity contribution in [1.82, 2.24) is 9.88 Å². The van der Waals surface area contributed by atoms with Gasteiger partial charge in [-0.05, 0) is 19.0 Å². The van der Waals surface area contributed by atoms with Crippen LogP contribution in [-0.4, -0.2) is 28.0 Å². The van der Waals surface area contributed by atoms with E-state index in [4.69, 9.17) is 5.11 Å². The normalized spacial score (nSPS) is 10.9. The largest absolute Gasteiger partial charge is 0.477 e. The van der Waals surface area contributed by atoms with Crippen LogP contribution in [0.5, 0.6) is 0 Å². The second kappa shape index (κ2) is 6.63. The van der Waals surface area contributed by atoms with Crippen molar-refractivity contribution in [3.8, 4) is 0 Å². The molecule has 5 heteroatoms. The lowest BCUT2D eigenvalue weighted by atomic mass is 10.2. The van der Waals surface area contributed by atoms with Gasteiger partial charge in [-0.1, -0.05) is 37.3 Å². The van der Waals surface area contributed by atoms with Crippen molar-refractivity contribution < 1.29 is 9.90 Å². The third-order valence-electron chi connectivity index (χ3n) is 2.97. The average molecular weight is 290 g/mol. The Kier molecular flexibility index (Phi) is 4.87. The van der Waals surface area contributed by atoms with Crippen molar-refractivity contribution in [3.63, 3.8) is 0 Å². The highest BCUT2D eigenvalue weighted by molar-refractivity contribution is 7.13. The molecule has 0 saturated carbocycles. The summed E-state index contributed by atoms with van der Waals surface area (Å²) in [6, 6.07) is 10.2. The second-order valence-corrected chi connectivity index (χ2v) is 5.78. The molecule has 0 radical (unpaired) electrons. The lowest BCUT2D eigenvalue weighted by molar-refractivity contribution is 0.0701. The van der Waals surface area contributed by atoms with Gasteiger partial charge >= 0.3 is 5.97 Å². The number of hydrogen-bond donors (Lipinski definition) is 1. The summed E-state index contributed by atoms with van der Waals surface area (Å²) in [6.45, 7) is 3.42. The zero-order valence-corrected chi connectivity index (χ0v) is 12.5. The Morgan fingerprint density at radius 3 is 2.55 bits per heavy atom. The first kappa shape index (κ1) is 14.7. The highest BCUT2D eigenvalue weighted by Gasteiger charge is 2.16. The van der Waals surface area contributed by atoms with Crippen molar-refractivity contribution in [1.29, 1.82) is 0 Å². The van der Waals surface area contributed by atoms with Crippen LogP contribution in [0.2, 0.25) is 0 Å². The van der Waals surface area contributed by atoms with Crippen LogP contribution < -0.4 is 0 Å². The average Bonchev–Trinajstić information content (AvgIpc) is 2.83. The molecule has 4 nitrogen and oxygen atoms in total. The number of thiazole rings is 1. The summed E-state index contributed by atoms with van der Waals surface area (Å²) in [7, 11) is 2.01. The topological polar surface area (TPSA) is 53.4 Å². The Morgan fingerprint density at radius 2 is 2.00 bits per heavy atom. The van der Waals surface area contributed by atoms with Crippen molar-refractivity contribution >= 4 is 17.3 Å². The van der Waals surface area contributed by atoms with Crippen molar-refractivity contribution in [2.75, 3.05) is 7.05 Å². The maximum atomic E-state index is 11.1. The van der Waals surface area contributed by atoms with Gasteiger partial charge < -0.3 is 5.11 Å². The number of benzene rings is 1.